The Morgan fingerprint density at radius 3 is 2.50 bits per heavy atom. The number of amides is 1. The Hall–Kier alpha value is -3.02. The van der Waals surface area contributed by atoms with E-state index in [9.17, 15) is 9.59 Å². The van der Waals surface area contributed by atoms with E-state index in [2.05, 4.69) is 15.5 Å². The van der Waals surface area contributed by atoms with Gasteiger partial charge >= 0.3 is 5.97 Å². The molecule has 1 amide bonds. The second kappa shape index (κ2) is 6.24. The lowest BCUT2D eigenvalue weighted by atomic mass is 10.1. The maximum absolute atomic E-state index is 11.6. The lowest BCUT2D eigenvalue weighted by molar-refractivity contribution is 0.0696. The van der Waals surface area contributed by atoms with Crippen molar-refractivity contribution >= 4 is 18.1 Å². The number of nitrogens with one attached hydrogen (secondary N) is 1. The minimum Gasteiger partial charge on any atom is -0.478 e. The number of hydrogen-bond donors (Lipinski definition) is 2. The molecule has 0 atom stereocenters. The Labute approximate surface area is 114 Å². The van der Waals surface area contributed by atoms with Crippen molar-refractivity contribution in [3.63, 3.8) is 0 Å². The zero-order chi connectivity index (χ0) is 14.4. The molecule has 1 aromatic heterocycles. The van der Waals surface area contributed by atoms with Gasteiger partial charge in [0, 0.05) is 12.4 Å². The van der Waals surface area contributed by atoms with Gasteiger partial charge in [-0.25, -0.2) is 10.2 Å². The first-order valence-corrected chi connectivity index (χ1v) is 5.73. The molecule has 2 N–H and O–H groups in total. The Bertz CT molecular complexity index is 636. The van der Waals surface area contributed by atoms with Gasteiger partial charge in [0.15, 0.2) is 0 Å². The number of carboxylic acid groups (broad SMARTS) is 1. The second-order valence-corrected chi connectivity index (χ2v) is 3.87. The van der Waals surface area contributed by atoms with Crippen LogP contribution in [0.15, 0.2) is 53.9 Å². The van der Waals surface area contributed by atoms with Crippen LogP contribution in [0.5, 0.6) is 0 Å². The van der Waals surface area contributed by atoms with Crippen molar-refractivity contribution in [3.05, 3.63) is 65.5 Å². The number of aromatic nitrogens is 1. The fourth-order valence-electron chi connectivity index (χ4n) is 1.44. The molecule has 2 aromatic rings. The van der Waals surface area contributed by atoms with Gasteiger partial charge in [0.05, 0.1) is 17.3 Å². The third kappa shape index (κ3) is 3.49. The Morgan fingerprint density at radius 1 is 1.15 bits per heavy atom. The quantitative estimate of drug-likeness (QED) is 0.650. The predicted octanol–water partition coefficient (Wildman–Crippen LogP) is 1.54. The zero-order valence-corrected chi connectivity index (χ0v) is 10.4. The number of hydrogen-bond acceptors (Lipinski definition) is 4. The minimum atomic E-state index is -0.988. The fraction of sp³-hybridized carbons (Fsp3) is 0. The fourth-order valence-corrected chi connectivity index (χ4v) is 1.44. The van der Waals surface area contributed by atoms with Gasteiger partial charge in [-0.1, -0.05) is 12.1 Å². The number of hydrazone groups is 1. The van der Waals surface area contributed by atoms with Crippen LogP contribution >= 0.6 is 0 Å². The molecule has 1 heterocycles. The van der Waals surface area contributed by atoms with E-state index in [4.69, 9.17) is 5.11 Å². The smallest absolute Gasteiger partial charge is 0.335 e. The van der Waals surface area contributed by atoms with E-state index in [1.54, 1.807) is 30.5 Å². The number of pyridine rings is 1. The van der Waals surface area contributed by atoms with Gasteiger partial charge in [0.2, 0.25) is 0 Å². The summed E-state index contributed by atoms with van der Waals surface area (Å²) in [6.45, 7) is 0. The molecule has 20 heavy (non-hydrogen) atoms. The Morgan fingerprint density at radius 2 is 1.90 bits per heavy atom. The molecule has 1 aromatic carbocycles. The average molecular weight is 269 g/mol. The van der Waals surface area contributed by atoms with E-state index < -0.39 is 5.97 Å². The summed E-state index contributed by atoms with van der Waals surface area (Å²) in [6.07, 6.45) is 4.44. The monoisotopic (exact) mass is 269 g/mol. The molecular weight excluding hydrogens is 258 g/mol. The van der Waals surface area contributed by atoms with Crippen molar-refractivity contribution in [2.24, 2.45) is 5.10 Å². The van der Waals surface area contributed by atoms with E-state index in [1.807, 2.05) is 0 Å². The van der Waals surface area contributed by atoms with E-state index in [0.717, 1.165) is 0 Å². The third-order valence-electron chi connectivity index (χ3n) is 2.46. The van der Waals surface area contributed by atoms with Crippen molar-refractivity contribution in [2.45, 2.75) is 0 Å². The topological polar surface area (TPSA) is 91.6 Å². The van der Waals surface area contributed by atoms with E-state index in [1.165, 1.54) is 24.5 Å². The third-order valence-corrected chi connectivity index (χ3v) is 2.46. The molecule has 0 fully saturated rings. The molecule has 0 bridgehead atoms. The summed E-state index contributed by atoms with van der Waals surface area (Å²) in [7, 11) is 0. The molecule has 0 unspecified atom stereocenters. The van der Waals surface area contributed by atoms with Crippen LogP contribution in [0.2, 0.25) is 0 Å². The standard InChI is InChI=1S/C14H11N3O3/c18-13(12-2-1-7-15-9-12)17-16-8-10-3-5-11(6-4-10)14(19)20/h1-9H,(H,17,18)(H,19,20). The highest BCUT2D eigenvalue weighted by molar-refractivity contribution is 5.94. The van der Waals surface area contributed by atoms with Gasteiger partial charge in [0.1, 0.15) is 0 Å². The number of carbonyl (C=O) groups is 2. The molecule has 2 rings (SSSR count). The number of rotatable bonds is 4. The number of benzene rings is 1. The van der Waals surface area contributed by atoms with Crippen LogP contribution < -0.4 is 5.43 Å². The van der Waals surface area contributed by atoms with Crippen LogP contribution in [0.3, 0.4) is 0 Å². The largest absolute Gasteiger partial charge is 0.478 e. The number of nitrogens with zero attached hydrogens (tertiary/aromatic N) is 2. The molecule has 100 valence electrons. The van der Waals surface area contributed by atoms with Gasteiger partial charge in [0.25, 0.3) is 5.91 Å². The summed E-state index contributed by atoms with van der Waals surface area (Å²) in [4.78, 5) is 26.1. The summed E-state index contributed by atoms with van der Waals surface area (Å²) in [5.41, 5.74) is 3.65. The number of carbonyl (C=O) groups excluding carboxylic acids is 1. The first kappa shape index (κ1) is 13.4. The van der Waals surface area contributed by atoms with Gasteiger partial charge in [-0.15, -0.1) is 0 Å². The molecule has 0 spiro atoms. The van der Waals surface area contributed by atoms with Crippen LogP contribution in [0.25, 0.3) is 0 Å². The first-order chi connectivity index (χ1) is 9.66. The first-order valence-electron chi connectivity index (χ1n) is 5.73. The van der Waals surface area contributed by atoms with Crippen molar-refractivity contribution in [2.75, 3.05) is 0 Å². The summed E-state index contributed by atoms with van der Waals surface area (Å²) < 4.78 is 0. The molecule has 6 heteroatoms. The summed E-state index contributed by atoms with van der Waals surface area (Å²) in [5.74, 6) is -1.35. The summed E-state index contributed by atoms with van der Waals surface area (Å²) >= 11 is 0. The second-order valence-electron chi connectivity index (χ2n) is 3.87. The van der Waals surface area contributed by atoms with Gasteiger partial charge in [-0.2, -0.15) is 5.10 Å². The van der Waals surface area contributed by atoms with Crippen molar-refractivity contribution in [1.82, 2.24) is 10.4 Å². The van der Waals surface area contributed by atoms with Crippen molar-refractivity contribution in [3.8, 4) is 0 Å². The highest BCUT2D eigenvalue weighted by Gasteiger charge is 2.03. The van der Waals surface area contributed by atoms with Crippen LogP contribution in [0, 0.1) is 0 Å². The molecule has 0 aliphatic carbocycles. The van der Waals surface area contributed by atoms with Crippen molar-refractivity contribution < 1.29 is 14.7 Å². The molecule has 0 saturated carbocycles. The number of aromatic carboxylic acids is 1. The van der Waals surface area contributed by atoms with Gasteiger partial charge < -0.3 is 5.11 Å². The van der Waals surface area contributed by atoms with Gasteiger partial charge in [-0.05, 0) is 29.8 Å². The molecular formula is C14H11N3O3. The SMILES string of the molecule is O=C(O)c1ccc(C=NNC(=O)c2cccnc2)cc1. The Kier molecular flexibility index (Phi) is 4.18. The van der Waals surface area contributed by atoms with Crippen LogP contribution in [-0.2, 0) is 0 Å². The maximum atomic E-state index is 11.6. The lowest BCUT2D eigenvalue weighted by Crippen LogP contribution is -2.17. The minimum absolute atomic E-state index is 0.196. The molecule has 0 radical (unpaired) electrons. The van der Waals surface area contributed by atoms with E-state index in [0.29, 0.717) is 11.1 Å². The highest BCUT2D eigenvalue weighted by atomic mass is 16.4. The number of carboxylic acids is 1. The molecule has 0 aliphatic rings. The zero-order valence-electron chi connectivity index (χ0n) is 10.4. The summed E-state index contributed by atoms with van der Waals surface area (Å²) in [5, 5.41) is 12.5. The van der Waals surface area contributed by atoms with Crippen LogP contribution in [0.4, 0.5) is 0 Å². The molecule has 0 saturated heterocycles. The summed E-state index contributed by atoms with van der Waals surface area (Å²) in [6, 6.07) is 9.41. The van der Waals surface area contributed by atoms with Crippen molar-refractivity contribution in [1.29, 1.82) is 0 Å². The predicted molar refractivity (Wildman–Crippen MR) is 72.7 cm³/mol. The van der Waals surface area contributed by atoms with E-state index in [-0.39, 0.29) is 11.5 Å². The van der Waals surface area contributed by atoms with E-state index >= 15 is 0 Å². The maximum Gasteiger partial charge on any atom is 0.335 e. The average Bonchev–Trinajstić information content (AvgIpc) is 2.48. The van der Waals surface area contributed by atoms with Crippen LogP contribution in [-0.4, -0.2) is 28.2 Å². The Balaban J connectivity index is 1.96. The normalized spacial score (nSPS) is 10.4. The van der Waals surface area contributed by atoms with Gasteiger partial charge in [-0.3, -0.25) is 9.78 Å². The molecule has 0 aliphatic heterocycles. The lowest BCUT2D eigenvalue weighted by Gasteiger charge is -1.98. The van der Waals surface area contributed by atoms with Crippen LogP contribution in [0.1, 0.15) is 26.3 Å². The molecule has 6 nitrogen and oxygen atoms in total. The highest BCUT2D eigenvalue weighted by Crippen LogP contribution is 2.02.